The van der Waals surface area contributed by atoms with Crippen LogP contribution in [-0.4, -0.2) is 51.1 Å². The van der Waals surface area contributed by atoms with E-state index >= 15 is 0 Å². The molecule has 176 valence electrons. The topological polar surface area (TPSA) is 97.0 Å². The van der Waals surface area contributed by atoms with Gasteiger partial charge in [-0.2, -0.15) is 0 Å². The summed E-state index contributed by atoms with van der Waals surface area (Å²) in [6, 6.07) is 12.8. The lowest BCUT2D eigenvalue weighted by molar-refractivity contribution is -0.126. The molecule has 2 aromatic carbocycles. The summed E-state index contributed by atoms with van der Waals surface area (Å²) in [5.41, 5.74) is 3.51. The van der Waals surface area contributed by atoms with E-state index in [4.69, 9.17) is 9.47 Å². The van der Waals surface area contributed by atoms with E-state index in [0.29, 0.717) is 31.1 Å². The van der Waals surface area contributed by atoms with E-state index in [0.717, 1.165) is 23.2 Å². The van der Waals surface area contributed by atoms with Gasteiger partial charge in [0.1, 0.15) is 5.75 Å². The summed E-state index contributed by atoms with van der Waals surface area (Å²) >= 11 is 0. The van der Waals surface area contributed by atoms with Gasteiger partial charge in [-0.25, -0.2) is 0 Å². The molecule has 8 nitrogen and oxygen atoms in total. The fourth-order valence-corrected chi connectivity index (χ4v) is 3.63. The van der Waals surface area contributed by atoms with Crippen molar-refractivity contribution in [2.45, 2.75) is 26.7 Å². The number of amides is 3. The molecule has 0 spiro atoms. The van der Waals surface area contributed by atoms with Gasteiger partial charge in [-0.15, -0.1) is 0 Å². The highest BCUT2D eigenvalue weighted by atomic mass is 16.5. The van der Waals surface area contributed by atoms with Gasteiger partial charge in [-0.1, -0.05) is 12.1 Å². The minimum absolute atomic E-state index is 0.0892. The Labute approximate surface area is 194 Å². The maximum Gasteiger partial charge on any atom is 0.262 e. The number of rotatable bonds is 10. The highest BCUT2D eigenvalue weighted by Crippen LogP contribution is 2.27. The lowest BCUT2D eigenvalue weighted by Crippen LogP contribution is -2.33. The van der Waals surface area contributed by atoms with Crippen LogP contribution in [0.4, 0.5) is 11.4 Å². The van der Waals surface area contributed by atoms with Crippen LogP contribution in [0.15, 0.2) is 42.5 Å². The fraction of sp³-hybridized carbons (Fsp3) is 0.400. The first-order valence-corrected chi connectivity index (χ1v) is 11.0. The van der Waals surface area contributed by atoms with Crippen molar-refractivity contribution >= 4 is 29.1 Å². The Bertz CT molecular complexity index is 990. The predicted molar refractivity (Wildman–Crippen MR) is 126 cm³/mol. The third kappa shape index (κ3) is 6.79. The number of ether oxygens (including phenoxy) is 2. The number of carbonyl (C=O) groups is 3. The van der Waals surface area contributed by atoms with Gasteiger partial charge >= 0.3 is 0 Å². The van der Waals surface area contributed by atoms with Crippen LogP contribution in [0.3, 0.4) is 0 Å². The molecule has 1 saturated heterocycles. The first kappa shape index (κ1) is 24.3. The Morgan fingerprint density at radius 1 is 1.12 bits per heavy atom. The summed E-state index contributed by atoms with van der Waals surface area (Å²) in [7, 11) is 1.62. The molecule has 3 amide bonds. The molecule has 2 N–H and O–H groups in total. The first-order chi connectivity index (χ1) is 15.9. The van der Waals surface area contributed by atoms with Gasteiger partial charge in [0.15, 0.2) is 6.61 Å². The highest BCUT2D eigenvalue weighted by Gasteiger charge is 2.34. The van der Waals surface area contributed by atoms with Crippen LogP contribution in [0.2, 0.25) is 0 Å². The third-order valence-corrected chi connectivity index (χ3v) is 5.51. The molecule has 1 aliphatic rings. The molecule has 8 heteroatoms. The van der Waals surface area contributed by atoms with Gasteiger partial charge in [-0.3, -0.25) is 14.4 Å². The Hall–Kier alpha value is -3.39. The van der Waals surface area contributed by atoms with Gasteiger partial charge in [0, 0.05) is 44.6 Å². The van der Waals surface area contributed by atoms with E-state index in [1.165, 1.54) is 0 Å². The van der Waals surface area contributed by atoms with Crippen LogP contribution >= 0.6 is 0 Å². The second-order valence-electron chi connectivity index (χ2n) is 8.19. The lowest BCUT2D eigenvalue weighted by atomic mass is 10.1. The number of carbonyl (C=O) groups excluding carboxylic acids is 3. The van der Waals surface area contributed by atoms with Crippen molar-refractivity contribution in [1.82, 2.24) is 5.32 Å². The summed E-state index contributed by atoms with van der Waals surface area (Å²) in [5, 5.41) is 5.71. The predicted octanol–water partition coefficient (Wildman–Crippen LogP) is 2.83. The first-order valence-electron chi connectivity index (χ1n) is 11.0. The lowest BCUT2D eigenvalue weighted by Gasteiger charge is -2.17. The standard InChI is InChI=1S/C25H31N3O5/c1-17-5-6-18(2)22(13-17)27-23(29)16-33-21-9-7-20(8-10-21)28-15-19(14-24(28)30)25(31)26-11-4-12-32-3/h5-10,13,19H,4,11-12,14-16H2,1-3H3,(H,26,31)(H,27,29)/t19-/m0/s1. The minimum Gasteiger partial charge on any atom is -0.484 e. The van der Waals surface area contributed by atoms with Crippen molar-refractivity contribution in [3.05, 3.63) is 53.6 Å². The summed E-state index contributed by atoms with van der Waals surface area (Å²) in [4.78, 5) is 38.6. The Kier molecular flexibility index (Phi) is 8.43. The largest absolute Gasteiger partial charge is 0.484 e. The van der Waals surface area contributed by atoms with Crippen molar-refractivity contribution in [3.8, 4) is 5.75 Å². The maximum atomic E-state index is 12.4. The van der Waals surface area contributed by atoms with Crippen molar-refractivity contribution in [3.63, 3.8) is 0 Å². The zero-order valence-electron chi connectivity index (χ0n) is 19.3. The number of hydrogen-bond acceptors (Lipinski definition) is 5. The number of nitrogens with zero attached hydrogens (tertiary/aromatic N) is 1. The van der Waals surface area contributed by atoms with Crippen molar-refractivity contribution < 1.29 is 23.9 Å². The highest BCUT2D eigenvalue weighted by molar-refractivity contribution is 6.00. The summed E-state index contributed by atoms with van der Waals surface area (Å²) in [5.74, 6) is -0.300. The SMILES string of the molecule is COCCCNC(=O)[C@H]1CC(=O)N(c2ccc(OCC(=O)Nc3cc(C)ccc3C)cc2)C1. The monoisotopic (exact) mass is 453 g/mol. The van der Waals surface area contributed by atoms with E-state index in [1.807, 2.05) is 32.0 Å². The molecule has 3 rings (SSSR count). The van der Waals surface area contributed by atoms with E-state index < -0.39 is 0 Å². The molecule has 0 bridgehead atoms. The Balaban J connectivity index is 1.49. The number of benzene rings is 2. The quantitative estimate of drug-likeness (QED) is 0.539. The molecule has 0 unspecified atom stereocenters. The van der Waals surface area contributed by atoms with Crippen LogP contribution in [0, 0.1) is 19.8 Å². The average molecular weight is 454 g/mol. The van der Waals surface area contributed by atoms with Crippen LogP contribution in [0.1, 0.15) is 24.0 Å². The zero-order chi connectivity index (χ0) is 23.8. The molecule has 0 aromatic heterocycles. The zero-order valence-corrected chi connectivity index (χ0v) is 19.3. The van der Waals surface area contributed by atoms with E-state index in [9.17, 15) is 14.4 Å². The summed E-state index contributed by atoms with van der Waals surface area (Å²) in [6.07, 6.45) is 0.920. The fourth-order valence-electron chi connectivity index (χ4n) is 3.63. The molecule has 0 aliphatic carbocycles. The molecule has 1 atom stereocenters. The molecule has 1 heterocycles. The number of aryl methyl sites for hydroxylation is 2. The van der Waals surface area contributed by atoms with Gasteiger partial charge < -0.3 is 25.0 Å². The summed E-state index contributed by atoms with van der Waals surface area (Å²) < 4.78 is 10.6. The summed E-state index contributed by atoms with van der Waals surface area (Å²) in [6.45, 7) is 5.23. The van der Waals surface area contributed by atoms with Crippen molar-refractivity contribution in [1.29, 1.82) is 0 Å². The van der Waals surface area contributed by atoms with E-state index in [2.05, 4.69) is 10.6 Å². The van der Waals surface area contributed by atoms with Crippen molar-refractivity contribution in [2.75, 3.05) is 43.6 Å². The van der Waals surface area contributed by atoms with Gasteiger partial charge in [0.2, 0.25) is 11.8 Å². The average Bonchev–Trinajstić information content (AvgIpc) is 3.19. The van der Waals surface area contributed by atoms with Gasteiger partial charge in [-0.05, 0) is 61.7 Å². The Morgan fingerprint density at radius 2 is 1.88 bits per heavy atom. The van der Waals surface area contributed by atoms with Gasteiger partial charge in [0.25, 0.3) is 5.91 Å². The molecular formula is C25H31N3O5. The molecule has 33 heavy (non-hydrogen) atoms. The van der Waals surface area contributed by atoms with Crippen LogP contribution in [-0.2, 0) is 19.1 Å². The van der Waals surface area contributed by atoms with E-state index in [-0.39, 0.29) is 36.7 Å². The van der Waals surface area contributed by atoms with Gasteiger partial charge in [0.05, 0.1) is 5.92 Å². The molecule has 1 fully saturated rings. The second kappa shape index (κ2) is 11.5. The van der Waals surface area contributed by atoms with Crippen LogP contribution < -0.4 is 20.3 Å². The normalized spacial score (nSPS) is 15.4. The molecule has 0 saturated carbocycles. The smallest absolute Gasteiger partial charge is 0.262 e. The molecular weight excluding hydrogens is 422 g/mol. The number of anilines is 2. The van der Waals surface area contributed by atoms with Crippen molar-refractivity contribution in [2.24, 2.45) is 5.92 Å². The number of hydrogen-bond donors (Lipinski definition) is 2. The van der Waals surface area contributed by atoms with Crippen LogP contribution in [0.5, 0.6) is 5.75 Å². The minimum atomic E-state index is -0.371. The molecule has 0 radical (unpaired) electrons. The number of methoxy groups -OCH3 is 1. The number of nitrogens with one attached hydrogen (secondary N) is 2. The van der Waals surface area contributed by atoms with E-state index in [1.54, 1.807) is 36.3 Å². The maximum absolute atomic E-state index is 12.4. The third-order valence-electron chi connectivity index (χ3n) is 5.51. The molecule has 1 aliphatic heterocycles. The second-order valence-corrected chi connectivity index (χ2v) is 8.19. The molecule has 2 aromatic rings. The Morgan fingerprint density at radius 3 is 2.61 bits per heavy atom. The van der Waals surface area contributed by atoms with Crippen LogP contribution in [0.25, 0.3) is 0 Å².